The van der Waals surface area contributed by atoms with Crippen molar-refractivity contribution in [1.29, 1.82) is 0 Å². The Morgan fingerprint density at radius 2 is 1.58 bits per heavy atom. The first-order valence-corrected chi connectivity index (χ1v) is 10.2. The van der Waals surface area contributed by atoms with Crippen LogP contribution in [0.2, 0.25) is 0 Å². The third-order valence-electron chi connectivity index (χ3n) is 4.71. The van der Waals surface area contributed by atoms with E-state index < -0.39 is 0 Å². The van der Waals surface area contributed by atoms with Crippen LogP contribution in [0.15, 0.2) is 36.4 Å². The summed E-state index contributed by atoms with van der Waals surface area (Å²) in [5, 5.41) is 1.99. The summed E-state index contributed by atoms with van der Waals surface area (Å²) in [6, 6.07) is 11.5. The molecule has 26 heavy (non-hydrogen) atoms. The number of halogens is 1. The van der Waals surface area contributed by atoms with Crippen molar-refractivity contribution in [1.82, 2.24) is 9.97 Å². The molecule has 0 radical (unpaired) electrons. The maximum absolute atomic E-state index is 13.9. The molecule has 0 saturated carbocycles. The van der Waals surface area contributed by atoms with Crippen molar-refractivity contribution in [3.05, 3.63) is 47.8 Å². The highest BCUT2D eigenvalue weighted by atomic mass is 32.1. The van der Waals surface area contributed by atoms with Gasteiger partial charge in [-0.2, -0.15) is 0 Å². The highest BCUT2D eigenvalue weighted by Crippen LogP contribution is 2.33. The number of anilines is 2. The third-order valence-corrected chi connectivity index (χ3v) is 6.87. The molecule has 1 aliphatic heterocycles. The zero-order valence-electron chi connectivity index (χ0n) is 14.3. The van der Waals surface area contributed by atoms with Crippen LogP contribution in [0.3, 0.4) is 0 Å². The van der Waals surface area contributed by atoms with Crippen molar-refractivity contribution < 1.29 is 4.39 Å². The third kappa shape index (κ3) is 2.71. The van der Waals surface area contributed by atoms with Crippen molar-refractivity contribution >= 4 is 53.4 Å². The van der Waals surface area contributed by atoms with Crippen molar-refractivity contribution in [2.45, 2.75) is 6.92 Å². The molecule has 0 aliphatic carbocycles. The smallest absolute Gasteiger partial charge is 0.186 e. The number of nitrogens with zero attached hydrogens (tertiary/aromatic N) is 4. The Hall–Kier alpha value is -2.25. The molecule has 1 aliphatic rings. The molecule has 0 amide bonds. The summed E-state index contributed by atoms with van der Waals surface area (Å²) in [7, 11) is 0. The highest BCUT2D eigenvalue weighted by molar-refractivity contribution is 7.22. The first kappa shape index (κ1) is 16.0. The number of hydrogen-bond acceptors (Lipinski definition) is 6. The number of para-hydroxylation sites is 1. The Morgan fingerprint density at radius 3 is 2.31 bits per heavy atom. The summed E-state index contributed by atoms with van der Waals surface area (Å²) in [6.45, 7) is 5.65. The molecule has 4 aromatic rings. The van der Waals surface area contributed by atoms with E-state index in [4.69, 9.17) is 4.98 Å². The number of fused-ring (bicyclic) bond motifs is 2. The van der Waals surface area contributed by atoms with E-state index >= 15 is 0 Å². The minimum Gasteiger partial charge on any atom is -0.345 e. The van der Waals surface area contributed by atoms with Gasteiger partial charge in [0.15, 0.2) is 10.3 Å². The van der Waals surface area contributed by atoms with Crippen LogP contribution in [0.1, 0.15) is 5.56 Å². The van der Waals surface area contributed by atoms with Crippen LogP contribution in [0.25, 0.3) is 20.4 Å². The molecule has 5 rings (SSSR count). The molecule has 132 valence electrons. The van der Waals surface area contributed by atoms with Crippen LogP contribution in [-0.2, 0) is 0 Å². The number of aryl methyl sites for hydroxylation is 1. The Labute approximate surface area is 158 Å². The van der Waals surface area contributed by atoms with Gasteiger partial charge in [0.25, 0.3) is 0 Å². The summed E-state index contributed by atoms with van der Waals surface area (Å²) < 4.78 is 16.0. The lowest BCUT2D eigenvalue weighted by Crippen LogP contribution is -2.46. The second kappa shape index (κ2) is 6.17. The highest BCUT2D eigenvalue weighted by Gasteiger charge is 2.22. The first-order valence-electron chi connectivity index (χ1n) is 8.59. The first-order chi connectivity index (χ1) is 12.7. The normalized spacial score (nSPS) is 15.3. The number of aromatic nitrogens is 2. The van der Waals surface area contributed by atoms with Crippen LogP contribution < -0.4 is 9.80 Å². The van der Waals surface area contributed by atoms with E-state index in [-0.39, 0.29) is 5.82 Å². The van der Waals surface area contributed by atoms with E-state index in [2.05, 4.69) is 39.9 Å². The minimum absolute atomic E-state index is 0.242. The van der Waals surface area contributed by atoms with Gasteiger partial charge in [0.1, 0.15) is 11.3 Å². The average Bonchev–Trinajstić information content (AvgIpc) is 3.26. The zero-order valence-corrected chi connectivity index (χ0v) is 15.9. The van der Waals surface area contributed by atoms with E-state index in [1.165, 1.54) is 16.3 Å². The zero-order chi connectivity index (χ0) is 17.7. The van der Waals surface area contributed by atoms with Crippen LogP contribution in [-0.4, -0.2) is 36.1 Å². The summed E-state index contributed by atoms with van der Waals surface area (Å²) in [4.78, 5) is 13.9. The van der Waals surface area contributed by atoms with Gasteiger partial charge in [-0.1, -0.05) is 34.8 Å². The molecular weight excluding hydrogens is 367 g/mol. The Kier molecular flexibility index (Phi) is 3.79. The number of thiazole rings is 2. The van der Waals surface area contributed by atoms with Crippen molar-refractivity contribution in [2.75, 3.05) is 36.0 Å². The molecule has 1 saturated heterocycles. The molecule has 2 aromatic carbocycles. The fraction of sp³-hybridized carbons (Fsp3) is 0.263. The topological polar surface area (TPSA) is 32.3 Å². The van der Waals surface area contributed by atoms with E-state index in [0.717, 1.165) is 46.7 Å². The van der Waals surface area contributed by atoms with E-state index in [1.54, 1.807) is 28.7 Å². The molecular formula is C19H17FN4S2. The summed E-state index contributed by atoms with van der Waals surface area (Å²) in [5.74, 6) is -0.242. The van der Waals surface area contributed by atoms with Gasteiger partial charge in [0.2, 0.25) is 0 Å². The van der Waals surface area contributed by atoms with E-state index in [1.807, 2.05) is 6.07 Å². The lowest BCUT2D eigenvalue weighted by Gasteiger charge is -2.34. The van der Waals surface area contributed by atoms with E-state index in [9.17, 15) is 4.39 Å². The van der Waals surface area contributed by atoms with Gasteiger partial charge in [-0.15, -0.1) is 0 Å². The Morgan fingerprint density at radius 1 is 0.885 bits per heavy atom. The van der Waals surface area contributed by atoms with Gasteiger partial charge in [-0.25, -0.2) is 14.4 Å². The second-order valence-electron chi connectivity index (χ2n) is 6.52. The number of benzene rings is 2. The van der Waals surface area contributed by atoms with Gasteiger partial charge in [0.05, 0.1) is 14.9 Å². The van der Waals surface area contributed by atoms with Crippen LogP contribution in [0.4, 0.5) is 14.7 Å². The predicted molar refractivity (Wildman–Crippen MR) is 108 cm³/mol. The van der Waals surface area contributed by atoms with Gasteiger partial charge in [0, 0.05) is 26.2 Å². The molecule has 0 spiro atoms. The molecule has 4 nitrogen and oxygen atoms in total. The second-order valence-corrected chi connectivity index (χ2v) is 8.54. The molecule has 1 fully saturated rings. The maximum Gasteiger partial charge on any atom is 0.186 e. The maximum atomic E-state index is 13.9. The molecule has 0 bridgehead atoms. The van der Waals surface area contributed by atoms with Crippen molar-refractivity contribution in [2.24, 2.45) is 0 Å². The quantitative estimate of drug-likeness (QED) is 0.502. The largest absolute Gasteiger partial charge is 0.345 e. The molecule has 0 atom stereocenters. The Bertz CT molecular complexity index is 1100. The molecule has 7 heteroatoms. The SMILES string of the molecule is Cc1ccc2nc(N3CCN(c4nc5c(F)cccc5s4)CC3)sc2c1. The van der Waals surface area contributed by atoms with Gasteiger partial charge in [-0.3, -0.25) is 0 Å². The lowest BCUT2D eigenvalue weighted by atomic mass is 10.2. The lowest BCUT2D eigenvalue weighted by molar-refractivity contribution is 0.635. The number of rotatable bonds is 2. The minimum atomic E-state index is -0.242. The summed E-state index contributed by atoms with van der Waals surface area (Å²) in [6.07, 6.45) is 0. The van der Waals surface area contributed by atoms with E-state index in [0.29, 0.717) is 5.52 Å². The fourth-order valence-corrected chi connectivity index (χ4v) is 5.43. The fourth-order valence-electron chi connectivity index (χ4n) is 3.28. The monoisotopic (exact) mass is 384 g/mol. The summed E-state index contributed by atoms with van der Waals surface area (Å²) >= 11 is 3.32. The number of piperazine rings is 1. The average molecular weight is 385 g/mol. The van der Waals surface area contributed by atoms with Crippen LogP contribution in [0, 0.1) is 12.7 Å². The van der Waals surface area contributed by atoms with Crippen LogP contribution >= 0.6 is 22.7 Å². The van der Waals surface area contributed by atoms with Crippen LogP contribution in [0.5, 0.6) is 0 Å². The predicted octanol–water partition coefficient (Wildman–Crippen LogP) is 4.68. The molecule has 3 heterocycles. The Balaban J connectivity index is 1.35. The van der Waals surface area contributed by atoms with Gasteiger partial charge in [-0.05, 0) is 36.8 Å². The van der Waals surface area contributed by atoms with Crippen molar-refractivity contribution in [3.63, 3.8) is 0 Å². The van der Waals surface area contributed by atoms with Gasteiger partial charge < -0.3 is 9.80 Å². The molecule has 0 N–H and O–H groups in total. The summed E-state index contributed by atoms with van der Waals surface area (Å²) in [5.41, 5.74) is 2.82. The molecule has 0 unspecified atom stereocenters. The molecule has 2 aromatic heterocycles. The van der Waals surface area contributed by atoms with Gasteiger partial charge >= 0.3 is 0 Å². The standard InChI is InChI=1S/C19H17FN4S2/c1-12-5-6-14-16(11-12)26-18(21-14)23-7-9-24(10-8-23)19-22-17-13(20)3-2-4-15(17)25-19/h2-6,11H,7-10H2,1H3. The van der Waals surface area contributed by atoms with Crippen molar-refractivity contribution in [3.8, 4) is 0 Å². The number of hydrogen-bond donors (Lipinski definition) is 0.